The van der Waals surface area contributed by atoms with Crippen LogP contribution in [0.4, 0.5) is 0 Å². The molecule has 4 nitrogen and oxygen atoms in total. The molecule has 2 saturated heterocycles. The van der Waals surface area contributed by atoms with E-state index in [9.17, 15) is 0 Å². The van der Waals surface area contributed by atoms with Crippen LogP contribution < -0.4 is 5.32 Å². The molecule has 22 heavy (non-hydrogen) atoms. The maximum Gasteiger partial charge on any atom is 0.0991 e. The van der Waals surface area contributed by atoms with E-state index in [1.807, 2.05) is 23.3 Å². The third-order valence-electron chi connectivity index (χ3n) is 5.12. The van der Waals surface area contributed by atoms with Gasteiger partial charge in [0.25, 0.3) is 0 Å². The first-order chi connectivity index (χ1) is 10.9. The van der Waals surface area contributed by atoms with E-state index in [1.54, 1.807) is 0 Å². The van der Waals surface area contributed by atoms with Crippen molar-refractivity contribution in [3.05, 3.63) is 48.5 Å². The zero-order chi connectivity index (χ0) is 14.8. The Balaban J connectivity index is 1.39. The van der Waals surface area contributed by atoms with Crippen LogP contribution in [0.15, 0.2) is 43.0 Å². The average molecular weight is 296 g/mol. The quantitative estimate of drug-likeness (QED) is 0.944. The minimum absolute atomic E-state index is 0.772. The van der Waals surface area contributed by atoms with Gasteiger partial charge in [-0.15, -0.1) is 0 Å². The molecule has 0 unspecified atom stereocenters. The highest BCUT2D eigenvalue weighted by atomic mass is 15.2. The standard InChI is InChI=1S/C18H24N4/c1-2-16-13-21(10-7-18(16)20-8-1)12-15-3-5-17(6-4-15)22-11-9-19-14-22/h3-6,9,11,14,16,18,20H,1-2,7-8,10,12-13H2/t16-,18+/m1/s1. The van der Waals surface area contributed by atoms with E-state index in [-0.39, 0.29) is 0 Å². The summed E-state index contributed by atoms with van der Waals surface area (Å²) < 4.78 is 2.04. The number of rotatable bonds is 3. The number of aromatic nitrogens is 2. The van der Waals surface area contributed by atoms with Gasteiger partial charge in [0.1, 0.15) is 0 Å². The smallest absolute Gasteiger partial charge is 0.0991 e. The van der Waals surface area contributed by atoms with E-state index in [2.05, 4.69) is 39.5 Å². The van der Waals surface area contributed by atoms with Gasteiger partial charge in [-0.1, -0.05) is 12.1 Å². The number of fused-ring (bicyclic) bond motifs is 1. The molecular weight excluding hydrogens is 272 g/mol. The van der Waals surface area contributed by atoms with Gasteiger partial charge in [0.05, 0.1) is 6.33 Å². The molecule has 4 heteroatoms. The largest absolute Gasteiger partial charge is 0.314 e. The molecule has 2 fully saturated rings. The summed E-state index contributed by atoms with van der Waals surface area (Å²) in [6.45, 7) is 4.77. The zero-order valence-electron chi connectivity index (χ0n) is 13.0. The summed E-state index contributed by atoms with van der Waals surface area (Å²) in [5.41, 5.74) is 2.59. The lowest BCUT2D eigenvalue weighted by Crippen LogP contribution is -2.51. The lowest BCUT2D eigenvalue weighted by molar-refractivity contribution is 0.109. The third kappa shape index (κ3) is 2.94. The Morgan fingerprint density at radius 2 is 2.09 bits per heavy atom. The minimum Gasteiger partial charge on any atom is -0.314 e. The first-order valence-corrected chi connectivity index (χ1v) is 8.41. The fourth-order valence-electron chi connectivity index (χ4n) is 3.91. The van der Waals surface area contributed by atoms with Gasteiger partial charge in [-0.3, -0.25) is 4.90 Å². The van der Waals surface area contributed by atoms with Crippen LogP contribution in [0, 0.1) is 5.92 Å². The van der Waals surface area contributed by atoms with Gasteiger partial charge in [-0.25, -0.2) is 4.98 Å². The third-order valence-corrected chi connectivity index (χ3v) is 5.12. The lowest BCUT2D eigenvalue weighted by Gasteiger charge is -2.41. The molecule has 0 aliphatic carbocycles. The van der Waals surface area contributed by atoms with E-state index in [0.717, 1.165) is 18.5 Å². The molecule has 0 saturated carbocycles. The molecule has 1 aromatic heterocycles. The molecule has 116 valence electrons. The van der Waals surface area contributed by atoms with Gasteiger partial charge in [-0.05, 0) is 56.0 Å². The SMILES string of the molecule is c1cn(-c2ccc(CN3CC[C@@H]4NCCC[C@@H]4C3)cc2)cn1. The summed E-state index contributed by atoms with van der Waals surface area (Å²) in [4.78, 5) is 6.73. The van der Waals surface area contributed by atoms with Crippen LogP contribution in [0.2, 0.25) is 0 Å². The number of piperidine rings is 2. The van der Waals surface area contributed by atoms with Gasteiger partial charge in [0.15, 0.2) is 0 Å². The Hall–Kier alpha value is -1.65. The van der Waals surface area contributed by atoms with E-state index in [1.165, 1.54) is 50.1 Å². The minimum atomic E-state index is 0.772. The second-order valence-corrected chi connectivity index (χ2v) is 6.62. The van der Waals surface area contributed by atoms with Crippen molar-refractivity contribution in [1.29, 1.82) is 0 Å². The average Bonchev–Trinajstić information content (AvgIpc) is 3.10. The number of imidazole rings is 1. The first-order valence-electron chi connectivity index (χ1n) is 8.41. The Kier molecular flexibility index (Phi) is 3.95. The van der Waals surface area contributed by atoms with Crippen molar-refractivity contribution >= 4 is 0 Å². The van der Waals surface area contributed by atoms with Crippen LogP contribution in [0.5, 0.6) is 0 Å². The monoisotopic (exact) mass is 296 g/mol. The Labute approximate surface area is 132 Å². The van der Waals surface area contributed by atoms with Gasteiger partial charge in [0.2, 0.25) is 0 Å². The summed E-state index contributed by atoms with van der Waals surface area (Å²) in [5, 5.41) is 3.69. The van der Waals surface area contributed by atoms with Crippen molar-refractivity contribution in [2.24, 2.45) is 5.92 Å². The van der Waals surface area contributed by atoms with E-state index >= 15 is 0 Å². The van der Waals surface area contributed by atoms with Crippen molar-refractivity contribution in [2.45, 2.75) is 31.8 Å². The Morgan fingerprint density at radius 3 is 2.91 bits per heavy atom. The van der Waals surface area contributed by atoms with Crippen LogP contribution in [-0.4, -0.2) is 40.1 Å². The molecule has 2 aliphatic heterocycles. The molecule has 1 N–H and O–H groups in total. The van der Waals surface area contributed by atoms with Crippen LogP contribution in [0.3, 0.4) is 0 Å². The molecule has 4 rings (SSSR count). The molecule has 0 amide bonds. The van der Waals surface area contributed by atoms with Crippen LogP contribution in [0.25, 0.3) is 5.69 Å². The van der Waals surface area contributed by atoms with Crippen molar-refractivity contribution in [3.8, 4) is 5.69 Å². The van der Waals surface area contributed by atoms with Gasteiger partial charge in [-0.2, -0.15) is 0 Å². The summed E-state index contributed by atoms with van der Waals surface area (Å²) in [5.74, 6) is 0.854. The molecule has 2 aliphatic rings. The highest BCUT2D eigenvalue weighted by Crippen LogP contribution is 2.25. The van der Waals surface area contributed by atoms with E-state index in [0.29, 0.717) is 0 Å². The summed E-state index contributed by atoms with van der Waals surface area (Å²) in [7, 11) is 0. The summed E-state index contributed by atoms with van der Waals surface area (Å²) in [6, 6.07) is 9.65. The van der Waals surface area contributed by atoms with Crippen LogP contribution in [0.1, 0.15) is 24.8 Å². The second kappa shape index (κ2) is 6.23. The number of nitrogens with zero attached hydrogens (tertiary/aromatic N) is 3. The molecule has 0 radical (unpaired) electrons. The topological polar surface area (TPSA) is 33.1 Å². The predicted molar refractivity (Wildman–Crippen MR) is 88.0 cm³/mol. The van der Waals surface area contributed by atoms with Crippen LogP contribution >= 0.6 is 0 Å². The number of benzene rings is 1. The van der Waals surface area contributed by atoms with E-state index < -0.39 is 0 Å². The number of hydrogen-bond donors (Lipinski definition) is 1. The van der Waals surface area contributed by atoms with Crippen molar-refractivity contribution in [3.63, 3.8) is 0 Å². The van der Waals surface area contributed by atoms with Crippen molar-refractivity contribution < 1.29 is 0 Å². The summed E-state index contributed by atoms with van der Waals surface area (Å²) in [6.07, 6.45) is 9.68. The van der Waals surface area contributed by atoms with Crippen LogP contribution in [-0.2, 0) is 6.54 Å². The van der Waals surface area contributed by atoms with Gasteiger partial charge >= 0.3 is 0 Å². The summed E-state index contributed by atoms with van der Waals surface area (Å²) >= 11 is 0. The fraction of sp³-hybridized carbons (Fsp3) is 0.500. The Bertz CT molecular complexity index is 590. The maximum atomic E-state index is 4.10. The zero-order valence-corrected chi connectivity index (χ0v) is 13.0. The number of likely N-dealkylation sites (tertiary alicyclic amines) is 1. The highest BCUT2D eigenvalue weighted by Gasteiger charge is 2.30. The normalized spacial score (nSPS) is 25.8. The van der Waals surface area contributed by atoms with Crippen molar-refractivity contribution in [1.82, 2.24) is 19.8 Å². The number of hydrogen-bond acceptors (Lipinski definition) is 3. The molecule has 0 bridgehead atoms. The molecule has 2 aromatic rings. The predicted octanol–water partition coefficient (Wildman–Crippen LogP) is 2.45. The first kappa shape index (κ1) is 14.0. The lowest BCUT2D eigenvalue weighted by atomic mass is 9.85. The highest BCUT2D eigenvalue weighted by molar-refractivity contribution is 5.34. The van der Waals surface area contributed by atoms with Crippen molar-refractivity contribution in [2.75, 3.05) is 19.6 Å². The Morgan fingerprint density at radius 1 is 1.18 bits per heavy atom. The number of nitrogens with one attached hydrogen (secondary N) is 1. The molecule has 1 aromatic carbocycles. The molecule has 2 atom stereocenters. The molecular formula is C18H24N4. The van der Waals surface area contributed by atoms with E-state index in [4.69, 9.17) is 0 Å². The molecule has 3 heterocycles. The molecule has 0 spiro atoms. The maximum absolute atomic E-state index is 4.10. The van der Waals surface area contributed by atoms with Gasteiger partial charge in [0, 0.05) is 37.2 Å². The van der Waals surface area contributed by atoms with Gasteiger partial charge < -0.3 is 9.88 Å². The fourth-order valence-corrected chi connectivity index (χ4v) is 3.91. The second-order valence-electron chi connectivity index (χ2n) is 6.62.